The summed E-state index contributed by atoms with van der Waals surface area (Å²) in [6, 6.07) is 3.72. The molecule has 1 unspecified atom stereocenters. The van der Waals surface area contributed by atoms with E-state index in [0.717, 1.165) is 6.07 Å². The minimum absolute atomic E-state index is 0.0483. The van der Waals surface area contributed by atoms with Crippen molar-refractivity contribution in [1.82, 2.24) is 19.3 Å². The smallest absolute Gasteiger partial charge is 0.248 e. The van der Waals surface area contributed by atoms with Gasteiger partial charge in [0.05, 0.1) is 10.8 Å². The van der Waals surface area contributed by atoms with Gasteiger partial charge in [-0.3, -0.25) is 4.79 Å². The molecular weight excluding hydrogens is 415 g/mol. The molecule has 1 amide bonds. The van der Waals surface area contributed by atoms with Crippen molar-refractivity contribution in [3.63, 3.8) is 0 Å². The van der Waals surface area contributed by atoms with E-state index in [2.05, 4.69) is 10.1 Å². The van der Waals surface area contributed by atoms with E-state index >= 15 is 0 Å². The maximum Gasteiger partial charge on any atom is 0.248 e. The number of carbonyl (C=O) groups is 1. The molecule has 1 aromatic heterocycles. The number of likely N-dealkylation sites (tertiary alicyclic amines) is 1. The van der Waals surface area contributed by atoms with Gasteiger partial charge in [-0.1, -0.05) is 11.2 Å². The van der Waals surface area contributed by atoms with Crippen LogP contribution in [0, 0.1) is 25.1 Å². The quantitative estimate of drug-likeness (QED) is 0.688. The van der Waals surface area contributed by atoms with Crippen LogP contribution in [0.15, 0.2) is 27.6 Å². The average Bonchev–Trinajstić information content (AvgIpc) is 3.26. The number of aromatic nitrogens is 2. The molecule has 11 heteroatoms. The van der Waals surface area contributed by atoms with Crippen LogP contribution in [-0.4, -0.2) is 73.6 Å². The maximum atomic E-state index is 13.7. The SMILES string of the molecule is COCC(=O)N1CC(c2nc(C)no2)C2(C1)CN(S(=O)(=O)c1cc(F)ccc1C)C2. The predicted molar refractivity (Wildman–Crippen MR) is 103 cm³/mol. The lowest BCUT2D eigenvalue weighted by molar-refractivity contribution is -0.134. The van der Waals surface area contributed by atoms with E-state index in [1.807, 2.05) is 0 Å². The highest BCUT2D eigenvalue weighted by atomic mass is 32.2. The number of ether oxygens (including phenoxy) is 1. The van der Waals surface area contributed by atoms with E-state index in [-0.39, 0.29) is 36.4 Å². The summed E-state index contributed by atoms with van der Waals surface area (Å²) >= 11 is 0. The summed E-state index contributed by atoms with van der Waals surface area (Å²) in [5, 5.41) is 3.84. The van der Waals surface area contributed by atoms with E-state index in [9.17, 15) is 17.6 Å². The van der Waals surface area contributed by atoms with Crippen molar-refractivity contribution in [3.05, 3.63) is 41.3 Å². The molecule has 0 radical (unpaired) electrons. The van der Waals surface area contributed by atoms with E-state index in [1.54, 1.807) is 18.7 Å². The van der Waals surface area contributed by atoms with Gasteiger partial charge in [-0.2, -0.15) is 9.29 Å². The van der Waals surface area contributed by atoms with E-state index in [0.29, 0.717) is 30.4 Å². The lowest BCUT2D eigenvalue weighted by atomic mass is 9.73. The molecule has 0 aliphatic carbocycles. The van der Waals surface area contributed by atoms with Gasteiger partial charge in [0.1, 0.15) is 12.4 Å². The Bertz CT molecular complexity index is 1080. The Labute approximate surface area is 173 Å². The second kappa shape index (κ2) is 7.40. The van der Waals surface area contributed by atoms with Crippen molar-refractivity contribution in [3.8, 4) is 0 Å². The molecule has 30 heavy (non-hydrogen) atoms. The molecule has 3 heterocycles. The third-order valence-electron chi connectivity index (χ3n) is 5.86. The number of carbonyl (C=O) groups excluding carboxylic acids is 1. The summed E-state index contributed by atoms with van der Waals surface area (Å²) in [6.45, 7) is 4.32. The van der Waals surface area contributed by atoms with Crippen LogP contribution < -0.4 is 0 Å². The number of sulfonamides is 1. The number of halogens is 1. The Morgan fingerprint density at radius 2 is 2.07 bits per heavy atom. The Balaban J connectivity index is 1.61. The number of rotatable bonds is 5. The minimum atomic E-state index is -3.87. The Kier molecular flexibility index (Phi) is 5.15. The van der Waals surface area contributed by atoms with Gasteiger partial charge in [-0.25, -0.2) is 12.8 Å². The second-order valence-electron chi connectivity index (χ2n) is 7.98. The fourth-order valence-electron chi connectivity index (χ4n) is 4.31. The van der Waals surface area contributed by atoms with Crippen LogP contribution in [0.3, 0.4) is 0 Å². The third kappa shape index (κ3) is 3.40. The summed E-state index contributed by atoms with van der Waals surface area (Å²) in [7, 11) is -2.42. The largest absolute Gasteiger partial charge is 0.375 e. The molecule has 0 bridgehead atoms. The summed E-state index contributed by atoms with van der Waals surface area (Å²) in [5.74, 6) is -0.219. The van der Waals surface area contributed by atoms with Crippen molar-refractivity contribution < 1.29 is 26.9 Å². The first-order chi connectivity index (χ1) is 14.2. The molecule has 1 spiro atoms. The number of methoxy groups -OCH3 is 1. The molecular formula is C19H23FN4O5S. The summed E-state index contributed by atoms with van der Waals surface area (Å²) < 4.78 is 51.5. The summed E-state index contributed by atoms with van der Waals surface area (Å²) in [6.07, 6.45) is 0. The lowest BCUT2D eigenvalue weighted by Gasteiger charge is -2.48. The molecule has 2 fully saturated rings. The Hall–Kier alpha value is -2.37. The van der Waals surface area contributed by atoms with Crippen LogP contribution in [0.4, 0.5) is 4.39 Å². The summed E-state index contributed by atoms with van der Waals surface area (Å²) in [4.78, 5) is 18.3. The normalized spacial score (nSPS) is 21.2. The first-order valence-corrected chi connectivity index (χ1v) is 10.9. The predicted octanol–water partition coefficient (Wildman–Crippen LogP) is 1.09. The topological polar surface area (TPSA) is 106 Å². The third-order valence-corrected chi connectivity index (χ3v) is 7.79. The fraction of sp³-hybridized carbons (Fsp3) is 0.526. The average molecular weight is 438 g/mol. The molecule has 162 valence electrons. The number of amides is 1. The van der Waals surface area contributed by atoms with Crippen molar-refractivity contribution in [2.75, 3.05) is 39.9 Å². The number of benzene rings is 1. The Morgan fingerprint density at radius 1 is 1.33 bits per heavy atom. The monoisotopic (exact) mass is 438 g/mol. The molecule has 9 nitrogen and oxygen atoms in total. The molecule has 4 rings (SSSR count). The van der Waals surface area contributed by atoms with Gasteiger partial charge in [0, 0.05) is 38.7 Å². The molecule has 2 aliphatic heterocycles. The molecule has 2 aliphatic rings. The van der Waals surface area contributed by atoms with Gasteiger partial charge in [0.2, 0.25) is 21.8 Å². The van der Waals surface area contributed by atoms with Crippen LogP contribution in [0.2, 0.25) is 0 Å². The van der Waals surface area contributed by atoms with Crippen LogP contribution in [-0.2, 0) is 19.6 Å². The summed E-state index contributed by atoms with van der Waals surface area (Å²) in [5.41, 5.74) is -0.0683. The van der Waals surface area contributed by atoms with Gasteiger partial charge in [-0.15, -0.1) is 0 Å². The Morgan fingerprint density at radius 3 is 2.70 bits per heavy atom. The highest BCUT2D eigenvalue weighted by Crippen LogP contribution is 2.50. The van der Waals surface area contributed by atoms with Crippen LogP contribution >= 0.6 is 0 Å². The van der Waals surface area contributed by atoms with Gasteiger partial charge in [0.25, 0.3) is 0 Å². The molecule has 0 N–H and O–H groups in total. The van der Waals surface area contributed by atoms with Crippen molar-refractivity contribution in [1.29, 1.82) is 0 Å². The fourth-order valence-corrected chi connectivity index (χ4v) is 6.17. The molecule has 1 atom stereocenters. The highest BCUT2D eigenvalue weighted by Gasteiger charge is 2.60. The number of hydrogen-bond acceptors (Lipinski definition) is 7. The molecule has 1 aromatic carbocycles. The van der Waals surface area contributed by atoms with Crippen molar-refractivity contribution in [2.24, 2.45) is 5.41 Å². The van der Waals surface area contributed by atoms with Gasteiger partial charge in [-0.05, 0) is 31.5 Å². The van der Waals surface area contributed by atoms with Crippen molar-refractivity contribution in [2.45, 2.75) is 24.7 Å². The zero-order valence-corrected chi connectivity index (χ0v) is 17.8. The second-order valence-corrected chi connectivity index (χ2v) is 9.89. The van der Waals surface area contributed by atoms with Gasteiger partial charge >= 0.3 is 0 Å². The van der Waals surface area contributed by atoms with E-state index < -0.39 is 21.3 Å². The van der Waals surface area contributed by atoms with Crippen LogP contribution in [0.5, 0.6) is 0 Å². The molecule has 2 saturated heterocycles. The minimum Gasteiger partial charge on any atom is -0.375 e. The van der Waals surface area contributed by atoms with Crippen LogP contribution in [0.25, 0.3) is 0 Å². The van der Waals surface area contributed by atoms with E-state index in [4.69, 9.17) is 9.26 Å². The highest BCUT2D eigenvalue weighted by molar-refractivity contribution is 7.89. The number of aryl methyl sites for hydroxylation is 2. The molecule has 0 saturated carbocycles. The van der Waals surface area contributed by atoms with Gasteiger partial charge in [0.15, 0.2) is 5.82 Å². The molecule has 2 aromatic rings. The zero-order chi connectivity index (χ0) is 21.7. The number of hydrogen-bond donors (Lipinski definition) is 0. The maximum absolute atomic E-state index is 13.7. The standard InChI is InChI=1S/C19H23FN4O5S/c1-12-4-5-14(20)6-16(12)30(26,27)24-10-19(11-24)9-23(17(25)8-28-3)7-15(19)18-21-13(2)22-29-18/h4-6,15H,7-11H2,1-3H3. The lowest BCUT2D eigenvalue weighted by Crippen LogP contribution is -2.61. The van der Waals surface area contributed by atoms with Crippen molar-refractivity contribution >= 4 is 15.9 Å². The van der Waals surface area contributed by atoms with E-state index in [1.165, 1.54) is 23.5 Å². The van der Waals surface area contributed by atoms with Gasteiger partial charge < -0.3 is 14.2 Å². The first kappa shape index (κ1) is 20.9. The van der Waals surface area contributed by atoms with Crippen LogP contribution in [0.1, 0.15) is 23.2 Å². The first-order valence-electron chi connectivity index (χ1n) is 9.49. The number of nitrogens with zero attached hydrogens (tertiary/aromatic N) is 4. The zero-order valence-electron chi connectivity index (χ0n) is 17.0.